The van der Waals surface area contributed by atoms with Gasteiger partial charge in [0.25, 0.3) is 0 Å². The molecular weight excluding hydrogens is 308 g/mol. The van der Waals surface area contributed by atoms with Crippen molar-refractivity contribution in [1.29, 1.82) is 0 Å². The molecule has 0 spiro atoms. The van der Waals surface area contributed by atoms with Crippen molar-refractivity contribution in [2.45, 2.75) is 38.8 Å². The van der Waals surface area contributed by atoms with Crippen LogP contribution in [0.3, 0.4) is 0 Å². The van der Waals surface area contributed by atoms with Crippen molar-refractivity contribution in [2.24, 2.45) is 0 Å². The highest BCUT2D eigenvalue weighted by Crippen LogP contribution is 2.35. The maximum atomic E-state index is 5.78. The lowest BCUT2D eigenvalue weighted by Gasteiger charge is -2.23. The van der Waals surface area contributed by atoms with E-state index in [0.29, 0.717) is 12.6 Å². The molecule has 0 fully saturated rings. The van der Waals surface area contributed by atoms with E-state index in [2.05, 4.69) is 15.4 Å². The van der Waals surface area contributed by atoms with Crippen LogP contribution in [0, 0.1) is 6.92 Å². The fourth-order valence-corrected chi connectivity index (χ4v) is 3.14. The van der Waals surface area contributed by atoms with E-state index in [-0.39, 0.29) is 6.79 Å². The number of fused-ring (bicyclic) bond motifs is 2. The van der Waals surface area contributed by atoms with Crippen molar-refractivity contribution >= 4 is 0 Å². The fraction of sp³-hybridized carbons (Fsp3) is 0.529. The van der Waals surface area contributed by atoms with Crippen molar-refractivity contribution in [3.63, 3.8) is 0 Å². The molecule has 1 aromatic heterocycles. The van der Waals surface area contributed by atoms with Gasteiger partial charge in [0.2, 0.25) is 6.79 Å². The number of nitrogens with zero attached hydrogens (tertiary/aromatic N) is 3. The van der Waals surface area contributed by atoms with Crippen molar-refractivity contribution in [3.8, 4) is 17.2 Å². The smallest absolute Gasteiger partial charge is 0.231 e. The van der Waals surface area contributed by atoms with Gasteiger partial charge < -0.3 is 19.5 Å². The van der Waals surface area contributed by atoms with E-state index in [9.17, 15) is 0 Å². The van der Waals surface area contributed by atoms with Gasteiger partial charge in [0.15, 0.2) is 11.5 Å². The molecule has 0 bridgehead atoms. The minimum Gasteiger partial charge on any atom is -0.493 e. The van der Waals surface area contributed by atoms with Gasteiger partial charge in [-0.15, -0.1) is 0 Å². The van der Waals surface area contributed by atoms with Gasteiger partial charge in [-0.3, -0.25) is 0 Å². The molecule has 2 aromatic rings. The first-order chi connectivity index (χ1) is 11.8. The van der Waals surface area contributed by atoms with E-state index in [1.165, 1.54) is 0 Å². The summed E-state index contributed by atoms with van der Waals surface area (Å²) in [6, 6.07) is 6.14. The number of rotatable bonds is 6. The molecule has 2 aliphatic rings. The molecule has 128 valence electrons. The third kappa shape index (κ3) is 3.31. The summed E-state index contributed by atoms with van der Waals surface area (Å²) in [5.41, 5.74) is 0. The Bertz CT molecular complexity index is 716. The first-order valence-corrected chi connectivity index (χ1v) is 8.44. The summed E-state index contributed by atoms with van der Waals surface area (Å²) in [7, 11) is 0. The topological polar surface area (TPSA) is 70.4 Å². The molecule has 1 unspecified atom stereocenters. The standard InChI is InChI=1S/C17H22N4O3/c1-12-19-17-6-3-13(10-21(17)20-12)18-7-2-8-22-14-4-5-15-16(9-14)24-11-23-15/h4-5,9,13,18H,2-3,6-8,10-11H2,1H3. The van der Waals surface area contributed by atoms with Gasteiger partial charge in [-0.05, 0) is 38.4 Å². The lowest BCUT2D eigenvalue weighted by atomic mass is 10.1. The van der Waals surface area contributed by atoms with Gasteiger partial charge in [-0.25, -0.2) is 9.67 Å². The second kappa shape index (κ2) is 6.68. The second-order valence-electron chi connectivity index (χ2n) is 6.16. The van der Waals surface area contributed by atoms with E-state index in [0.717, 1.165) is 61.2 Å². The number of nitrogens with one attached hydrogen (secondary N) is 1. The molecule has 1 atom stereocenters. The molecule has 24 heavy (non-hydrogen) atoms. The van der Waals surface area contributed by atoms with E-state index in [4.69, 9.17) is 14.2 Å². The van der Waals surface area contributed by atoms with Crippen LogP contribution in [-0.2, 0) is 13.0 Å². The molecule has 2 aliphatic heterocycles. The predicted molar refractivity (Wildman–Crippen MR) is 87.5 cm³/mol. The molecule has 0 saturated heterocycles. The van der Waals surface area contributed by atoms with Crippen molar-refractivity contribution in [2.75, 3.05) is 19.9 Å². The van der Waals surface area contributed by atoms with Crippen LogP contribution in [0.15, 0.2) is 18.2 Å². The molecule has 7 heteroatoms. The van der Waals surface area contributed by atoms with Crippen LogP contribution in [0.4, 0.5) is 0 Å². The van der Waals surface area contributed by atoms with Crippen molar-refractivity contribution in [3.05, 3.63) is 29.8 Å². The van der Waals surface area contributed by atoms with Gasteiger partial charge in [0, 0.05) is 18.5 Å². The van der Waals surface area contributed by atoms with Crippen LogP contribution in [0.25, 0.3) is 0 Å². The highest BCUT2D eigenvalue weighted by atomic mass is 16.7. The van der Waals surface area contributed by atoms with E-state index < -0.39 is 0 Å². The van der Waals surface area contributed by atoms with Gasteiger partial charge in [0.1, 0.15) is 17.4 Å². The summed E-state index contributed by atoms with van der Waals surface area (Å²) >= 11 is 0. The maximum Gasteiger partial charge on any atom is 0.231 e. The molecule has 1 aromatic carbocycles. The summed E-state index contributed by atoms with van der Waals surface area (Å²) in [5, 5.41) is 8.02. The minimum absolute atomic E-state index is 0.289. The molecule has 0 aliphatic carbocycles. The number of benzene rings is 1. The lowest BCUT2D eigenvalue weighted by molar-refractivity contribution is 0.173. The van der Waals surface area contributed by atoms with Crippen LogP contribution in [0.1, 0.15) is 24.5 Å². The van der Waals surface area contributed by atoms with E-state index >= 15 is 0 Å². The first-order valence-electron chi connectivity index (χ1n) is 8.44. The fourth-order valence-electron chi connectivity index (χ4n) is 3.14. The third-order valence-corrected chi connectivity index (χ3v) is 4.33. The average molecular weight is 330 g/mol. The molecular formula is C17H22N4O3. The number of hydrogen-bond acceptors (Lipinski definition) is 6. The minimum atomic E-state index is 0.289. The second-order valence-corrected chi connectivity index (χ2v) is 6.16. The molecule has 7 nitrogen and oxygen atoms in total. The van der Waals surface area contributed by atoms with Crippen LogP contribution in [0.2, 0.25) is 0 Å². The van der Waals surface area contributed by atoms with Gasteiger partial charge >= 0.3 is 0 Å². The zero-order valence-corrected chi connectivity index (χ0v) is 13.8. The lowest BCUT2D eigenvalue weighted by Crippen LogP contribution is -2.38. The zero-order chi connectivity index (χ0) is 16.4. The van der Waals surface area contributed by atoms with Gasteiger partial charge in [-0.1, -0.05) is 0 Å². The van der Waals surface area contributed by atoms with Crippen LogP contribution in [0.5, 0.6) is 17.2 Å². The van der Waals surface area contributed by atoms with Crippen molar-refractivity contribution in [1.82, 2.24) is 20.1 Å². The Balaban J connectivity index is 1.17. The summed E-state index contributed by atoms with van der Waals surface area (Å²) in [4.78, 5) is 4.44. The highest BCUT2D eigenvalue weighted by molar-refractivity contribution is 5.46. The molecule has 0 saturated carbocycles. The Kier molecular flexibility index (Phi) is 4.25. The van der Waals surface area contributed by atoms with Crippen molar-refractivity contribution < 1.29 is 14.2 Å². The highest BCUT2D eigenvalue weighted by Gasteiger charge is 2.20. The summed E-state index contributed by atoms with van der Waals surface area (Å²) in [6.45, 7) is 4.74. The first kappa shape index (κ1) is 15.3. The largest absolute Gasteiger partial charge is 0.493 e. The van der Waals surface area contributed by atoms with E-state index in [1.54, 1.807) is 0 Å². The number of hydrogen-bond donors (Lipinski definition) is 1. The Morgan fingerprint density at radius 2 is 2.25 bits per heavy atom. The quantitative estimate of drug-likeness (QED) is 0.813. The molecule has 0 amide bonds. The Labute approximate surface area is 140 Å². The van der Waals surface area contributed by atoms with Crippen LogP contribution in [-0.4, -0.2) is 40.8 Å². The number of aromatic nitrogens is 3. The summed E-state index contributed by atoms with van der Waals surface area (Å²) in [5.74, 6) is 4.33. The normalized spacial score (nSPS) is 18.5. The van der Waals surface area contributed by atoms with E-state index in [1.807, 2.05) is 29.8 Å². The number of aryl methyl sites for hydroxylation is 2. The molecule has 3 heterocycles. The maximum absolute atomic E-state index is 5.78. The summed E-state index contributed by atoms with van der Waals surface area (Å²) < 4.78 is 18.4. The molecule has 0 radical (unpaired) electrons. The Morgan fingerprint density at radius 3 is 3.21 bits per heavy atom. The number of ether oxygens (including phenoxy) is 3. The molecule has 1 N–H and O–H groups in total. The average Bonchev–Trinajstić information content (AvgIpc) is 3.18. The zero-order valence-electron chi connectivity index (χ0n) is 13.8. The van der Waals surface area contributed by atoms with Gasteiger partial charge in [0.05, 0.1) is 13.2 Å². The Morgan fingerprint density at radius 1 is 1.33 bits per heavy atom. The van der Waals surface area contributed by atoms with Crippen LogP contribution < -0.4 is 19.5 Å². The third-order valence-electron chi connectivity index (χ3n) is 4.33. The van der Waals surface area contributed by atoms with Crippen LogP contribution >= 0.6 is 0 Å². The predicted octanol–water partition coefficient (Wildman–Crippen LogP) is 1.69. The van der Waals surface area contributed by atoms with Gasteiger partial charge in [-0.2, -0.15) is 5.10 Å². The monoisotopic (exact) mass is 330 g/mol. The summed E-state index contributed by atoms with van der Waals surface area (Å²) in [6.07, 6.45) is 3.06. The SMILES string of the molecule is Cc1nc2n(n1)CC(NCCCOc1ccc3c(c1)OCO3)CC2. The molecule has 4 rings (SSSR count). The Hall–Kier alpha value is -2.28.